The normalized spacial score (nSPS) is 24.2. The molecule has 3 atom stereocenters. The fraction of sp³-hybridized carbons (Fsp3) is 0.200. The zero-order chi connectivity index (χ0) is 17.0. The quantitative estimate of drug-likeness (QED) is 0.776. The van der Waals surface area contributed by atoms with Gasteiger partial charge in [-0.2, -0.15) is 0 Å². The van der Waals surface area contributed by atoms with Crippen LogP contribution in [0.2, 0.25) is 0 Å². The highest BCUT2D eigenvalue weighted by Crippen LogP contribution is 2.32. The van der Waals surface area contributed by atoms with Crippen LogP contribution in [0.4, 0.5) is 0 Å². The van der Waals surface area contributed by atoms with Crippen molar-refractivity contribution in [2.24, 2.45) is 0 Å². The smallest absolute Gasteiger partial charge is 0.184 e. The van der Waals surface area contributed by atoms with Gasteiger partial charge in [0, 0.05) is 0 Å². The zero-order valence-corrected chi connectivity index (χ0v) is 14.1. The summed E-state index contributed by atoms with van der Waals surface area (Å²) in [7, 11) is -3.46. The van der Waals surface area contributed by atoms with Crippen LogP contribution in [-0.2, 0) is 14.6 Å². The van der Waals surface area contributed by atoms with Crippen molar-refractivity contribution in [2.75, 3.05) is 0 Å². The predicted molar refractivity (Wildman–Crippen MR) is 96.4 cm³/mol. The summed E-state index contributed by atoms with van der Waals surface area (Å²) in [4.78, 5) is 0.335. The Labute approximate surface area is 143 Å². The van der Waals surface area contributed by atoms with E-state index in [0.29, 0.717) is 11.3 Å². The van der Waals surface area contributed by atoms with Gasteiger partial charge in [-0.25, -0.2) is 8.42 Å². The molecule has 0 saturated carbocycles. The minimum Gasteiger partial charge on any atom is -0.365 e. The Kier molecular flexibility index (Phi) is 4.97. The molecule has 0 aromatic heterocycles. The van der Waals surface area contributed by atoms with Crippen LogP contribution in [0.3, 0.4) is 0 Å². The summed E-state index contributed by atoms with van der Waals surface area (Å²) in [5.41, 5.74) is 1.01. The molecule has 124 valence electrons. The number of hydrogen-bond acceptors (Lipinski definition) is 3. The van der Waals surface area contributed by atoms with Crippen molar-refractivity contribution < 1.29 is 13.2 Å². The maximum atomic E-state index is 13.0. The molecule has 1 saturated heterocycles. The summed E-state index contributed by atoms with van der Waals surface area (Å²) in [5.74, 6) is 0. The van der Waals surface area contributed by atoms with Crippen LogP contribution in [0.1, 0.15) is 12.0 Å². The predicted octanol–water partition coefficient (Wildman–Crippen LogP) is 3.89. The number of hydrogen-bond donors (Lipinski definition) is 0. The second kappa shape index (κ2) is 7.16. The van der Waals surface area contributed by atoms with Gasteiger partial charge in [0.25, 0.3) is 0 Å². The summed E-state index contributed by atoms with van der Waals surface area (Å²) in [6.07, 6.45) is 5.10. The molecule has 1 heterocycles. The van der Waals surface area contributed by atoms with Gasteiger partial charge < -0.3 is 4.74 Å². The van der Waals surface area contributed by atoms with E-state index >= 15 is 0 Å². The molecule has 2 aromatic rings. The number of sulfone groups is 1. The van der Waals surface area contributed by atoms with E-state index in [1.165, 1.54) is 0 Å². The van der Waals surface area contributed by atoms with Crippen molar-refractivity contribution >= 4 is 15.9 Å². The molecule has 3 rings (SSSR count). The minimum atomic E-state index is -3.46. The molecular formula is C20H20O3S. The van der Waals surface area contributed by atoms with Crippen molar-refractivity contribution in [3.05, 3.63) is 85.0 Å². The third-order valence-corrected chi connectivity index (χ3v) is 6.36. The molecule has 1 aliphatic rings. The highest BCUT2D eigenvalue weighted by molar-refractivity contribution is 7.92. The van der Waals surface area contributed by atoms with Crippen LogP contribution in [0, 0.1) is 0 Å². The monoisotopic (exact) mass is 340 g/mol. The van der Waals surface area contributed by atoms with E-state index in [0.717, 1.165) is 5.56 Å². The first kappa shape index (κ1) is 16.7. The molecule has 0 amide bonds. The van der Waals surface area contributed by atoms with E-state index in [1.807, 2.05) is 48.6 Å². The molecule has 2 aromatic carbocycles. The summed E-state index contributed by atoms with van der Waals surface area (Å²) in [6, 6.07) is 18.3. The van der Waals surface area contributed by atoms with Crippen LogP contribution in [0.25, 0.3) is 6.08 Å². The lowest BCUT2D eigenvalue weighted by Crippen LogP contribution is -2.28. The first-order valence-corrected chi connectivity index (χ1v) is 9.46. The average molecular weight is 340 g/mol. The fourth-order valence-corrected chi connectivity index (χ4v) is 4.72. The summed E-state index contributed by atoms with van der Waals surface area (Å²) < 4.78 is 31.8. The second-order valence-corrected chi connectivity index (χ2v) is 7.94. The number of benzene rings is 2. The topological polar surface area (TPSA) is 43.4 Å². The Balaban J connectivity index is 1.89. The molecule has 0 spiro atoms. The lowest BCUT2D eigenvalue weighted by Gasteiger charge is -2.16. The molecule has 0 unspecified atom stereocenters. The molecule has 0 N–H and O–H groups in total. The lowest BCUT2D eigenvalue weighted by molar-refractivity contribution is 0.102. The van der Waals surface area contributed by atoms with E-state index in [-0.39, 0.29) is 6.10 Å². The van der Waals surface area contributed by atoms with Gasteiger partial charge in [-0.15, -0.1) is 6.58 Å². The molecular weight excluding hydrogens is 320 g/mol. The fourth-order valence-electron chi connectivity index (χ4n) is 2.89. The number of rotatable bonds is 5. The van der Waals surface area contributed by atoms with E-state index in [4.69, 9.17) is 4.74 Å². The number of ether oxygens (including phenoxy) is 1. The minimum absolute atomic E-state index is 0.251. The highest BCUT2D eigenvalue weighted by atomic mass is 32.2. The second-order valence-electron chi connectivity index (χ2n) is 5.78. The molecule has 0 aliphatic carbocycles. The van der Waals surface area contributed by atoms with Crippen molar-refractivity contribution in [3.63, 3.8) is 0 Å². The van der Waals surface area contributed by atoms with Crippen LogP contribution < -0.4 is 0 Å². The Bertz CT molecular complexity index is 810. The van der Waals surface area contributed by atoms with Gasteiger partial charge in [0.2, 0.25) is 0 Å². The summed E-state index contributed by atoms with van der Waals surface area (Å²) in [6.45, 7) is 3.74. The van der Waals surface area contributed by atoms with Crippen molar-refractivity contribution in [2.45, 2.75) is 28.8 Å². The van der Waals surface area contributed by atoms with E-state index in [2.05, 4.69) is 6.58 Å². The van der Waals surface area contributed by atoms with Crippen molar-refractivity contribution in [1.29, 1.82) is 0 Å². The van der Waals surface area contributed by atoms with Gasteiger partial charge in [0.1, 0.15) is 0 Å². The molecule has 3 nitrogen and oxygen atoms in total. The van der Waals surface area contributed by atoms with Crippen LogP contribution in [0.15, 0.2) is 84.3 Å². The van der Waals surface area contributed by atoms with Crippen molar-refractivity contribution in [3.8, 4) is 0 Å². The van der Waals surface area contributed by atoms with Gasteiger partial charge in [-0.3, -0.25) is 0 Å². The van der Waals surface area contributed by atoms with Gasteiger partial charge in [0.05, 0.1) is 22.4 Å². The van der Waals surface area contributed by atoms with E-state index in [9.17, 15) is 8.42 Å². The van der Waals surface area contributed by atoms with Crippen LogP contribution in [-0.4, -0.2) is 25.9 Å². The zero-order valence-electron chi connectivity index (χ0n) is 13.3. The Hall–Kier alpha value is -2.17. The Morgan fingerprint density at radius 3 is 2.25 bits per heavy atom. The first-order valence-electron chi connectivity index (χ1n) is 7.91. The molecule has 0 bridgehead atoms. The third-order valence-electron chi connectivity index (χ3n) is 4.17. The summed E-state index contributed by atoms with van der Waals surface area (Å²) in [5, 5.41) is -0.608. The SMILES string of the molecule is C=C[C@@H]1C[C@@H](S(=O)(=O)c2ccccc2)[C@H](/C=C/c2ccccc2)O1. The van der Waals surface area contributed by atoms with Crippen LogP contribution in [0.5, 0.6) is 0 Å². The lowest BCUT2D eigenvalue weighted by atomic mass is 10.1. The summed E-state index contributed by atoms with van der Waals surface area (Å²) >= 11 is 0. The van der Waals surface area contributed by atoms with Crippen LogP contribution >= 0.6 is 0 Å². The van der Waals surface area contributed by atoms with Gasteiger partial charge in [-0.1, -0.05) is 66.8 Å². The molecule has 1 fully saturated rings. The average Bonchev–Trinajstić information content (AvgIpc) is 3.06. The van der Waals surface area contributed by atoms with Gasteiger partial charge in [0.15, 0.2) is 9.84 Å². The Morgan fingerprint density at radius 1 is 1.00 bits per heavy atom. The standard InChI is InChI=1S/C20H20O3S/c1-2-17-15-20(24(21,22)18-11-7-4-8-12-18)19(23-17)14-13-16-9-5-3-6-10-16/h2-14,17,19-20H,1,15H2/b14-13+/t17-,19+,20-/m1/s1. The van der Waals surface area contributed by atoms with Gasteiger partial charge >= 0.3 is 0 Å². The van der Waals surface area contributed by atoms with E-state index < -0.39 is 21.2 Å². The molecule has 1 aliphatic heterocycles. The molecule has 4 heteroatoms. The highest BCUT2D eigenvalue weighted by Gasteiger charge is 2.41. The largest absolute Gasteiger partial charge is 0.365 e. The Morgan fingerprint density at radius 2 is 1.62 bits per heavy atom. The molecule has 24 heavy (non-hydrogen) atoms. The first-order chi connectivity index (χ1) is 11.6. The van der Waals surface area contributed by atoms with Gasteiger partial charge in [-0.05, 0) is 24.1 Å². The maximum absolute atomic E-state index is 13.0. The third kappa shape index (κ3) is 3.50. The van der Waals surface area contributed by atoms with E-state index in [1.54, 1.807) is 30.3 Å². The maximum Gasteiger partial charge on any atom is 0.184 e. The molecule has 0 radical (unpaired) electrons. The van der Waals surface area contributed by atoms with Crippen molar-refractivity contribution in [1.82, 2.24) is 0 Å².